The van der Waals surface area contributed by atoms with Gasteiger partial charge < -0.3 is 10.2 Å². The van der Waals surface area contributed by atoms with E-state index in [1.54, 1.807) is 6.07 Å². The first-order chi connectivity index (χ1) is 8.79. The van der Waals surface area contributed by atoms with Crippen molar-refractivity contribution in [3.8, 4) is 0 Å². The van der Waals surface area contributed by atoms with Crippen LogP contribution in [0.4, 0.5) is 10.1 Å². The molecule has 2 nitrogen and oxygen atoms in total. The molecule has 3 heteroatoms. The van der Waals surface area contributed by atoms with Gasteiger partial charge in [0.15, 0.2) is 0 Å². The van der Waals surface area contributed by atoms with Crippen LogP contribution in [0.1, 0.15) is 32.6 Å². The predicted molar refractivity (Wildman–Crippen MR) is 74.4 cm³/mol. The van der Waals surface area contributed by atoms with E-state index in [0.717, 1.165) is 19.4 Å². The number of nitrogens with one attached hydrogen (secondary N) is 1. The molecule has 1 saturated heterocycles. The third-order valence-corrected chi connectivity index (χ3v) is 3.59. The number of hydrogen-bond donors (Lipinski definition) is 1. The number of halogens is 1. The summed E-state index contributed by atoms with van der Waals surface area (Å²) in [5.41, 5.74) is 0.645. The maximum Gasteiger partial charge on any atom is 0.146 e. The maximum atomic E-state index is 13.6. The molecule has 1 aliphatic heterocycles. The molecule has 2 rings (SSSR count). The Morgan fingerprint density at radius 3 is 2.89 bits per heavy atom. The summed E-state index contributed by atoms with van der Waals surface area (Å²) in [4.78, 5) is 2.52. The Bertz CT molecular complexity index is 367. The normalized spacial score (nSPS) is 21.6. The fourth-order valence-corrected chi connectivity index (χ4v) is 2.64. The summed E-state index contributed by atoms with van der Waals surface area (Å²) in [5, 5.41) is 3.35. The lowest BCUT2D eigenvalue weighted by molar-refractivity contribution is 0.285. The second-order valence-corrected chi connectivity index (χ2v) is 5.09. The van der Waals surface area contributed by atoms with E-state index >= 15 is 0 Å². The first kappa shape index (κ1) is 13.3. The Morgan fingerprint density at radius 2 is 2.11 bits per heavy atom. The standard InChI is InChI=1S/C15H23FN2/c1-2-10-18-11-5-6-13(9-12-18)17-15-8-4-3-7-14(15)16/h3-4,7-8,13,17H,2,5-6,9-12H2,1H3. The largest absolute Gasteiger partial charge is 0.380 e. The fourth-order valence-electron chi connectivity index (χ4n) is 2.64. The van der Waals surface area contributed by atoms with Crippen LogP contribution in [0.15, 0.2) is 24.3 Å². The zero-order valence-electron chi connectivity index (χ0n) is 11.2. The van der Waals surface area contributed by atoms with Gasteiger partial charge in [0, 0.05) is 12.6 Å². The lowest BCUT2D eigenvalue weighted by Crippen LogP contribution is -2.27. The molecule has 1 aliphatic rings. The molecule has 1 aromatic rings. The number of anilines is 1. The molecule has 1 aromatic carbocycles. The van der Waals surface area contributed by atoms with Crippen LogP contribution in [0.2, 0.25) is 0 Å². The van der Waals surface area contributed by atoms with E-state index in [0.29, 0.717) is 11.7 Å². The van der Waals surface area contributed by atoms with Crippen LogP contribution in [0.5, 0.6) is 0 Å². The monoisotopic (exact) mass is 250 g/mol. The van der Waals surface area contributed by atoms with Crippen molar-refractivity contribution in [1.29, 1.82) is 0 Å². The summed E-state index contributed by atoms with van der Waals surface area (Å²) in [6.45, 7) is 5.72. The highest BCUT2D eigenvalue weighted by Gasteiger charge is 2.17. The average Bonchev–Trinajstić information content (AvgIpc) is 2.59. The summed E-state index contributed by atoms with van der Waals surface area (Å²) in [7, 11) is 0. The number of rotatable bonds is 4. The topological polar surface area (TPSA) is 15.3 Å². The van der Waals surface area contributed by atoms with Gasteiger partial charge in [0.05, 0.1) is 5.69 Å². The van der Waals surface area contributed by atoms with Crippen molar-refractivity contribution in [2.45, 2.75) is 38.6 Å². The zero-order chi connectivity index (χ0) is 12.8. The highest BCUT2D eigenvalue weighted by molar-refractivity contribution is 5.45. The van der Waals surface area contributed by atoms with Gasteiger partial charge in [-0.25, -0.2) is 4.39 Å². The first-order valence-electron chi connectivity index (χ1n) is 7.03. The van der Waals surface area contributed by atoms with Crippen molar-refractivity contribution in [2.75, 3.05) is 25.0 Å². The van der Waals surface area contributed by atoms with Crippen LogP contribution in [0.3, 0.4) is 0 Å². The number of likely N-dealkylation sites (tertiary alicyclic amines) is 1. The Morgan fingerprint density at radius 1 is 1.28 bits per heavy atom. The van der Waals surface area contributed by atoms with Gasteiger partial charge in [-0.2, -0.15) is 0 Å². The fraction of sp³-hybridized carbons (Fsp3) is 0.600. The van der Waals surface area contributed by atoms with E-state index in [-0.39, 0.29) is 5.82 Å². The van der Waals surface area contributed by atoms with E-state index in [1.165, 1.54) is 32.0 Å². The van der Waals surface area contributed by atoms with Gasteiger partial charge in [0.25, 0.3) is 0 Å². The minimum Gasteiger partial charge on any atom is -0.380 e. The molecule has 0 radical (unpaired) electrons. The molecule has 0 aliphatic carbocycles. The van der Waals surface area contributed by atoms with Crippen molar-refractivity contribution < 1.29 is 4.39 Å². The summed E-state index contributed by atoms with van der Waals surface area (Å²) in [6, 6.07) is 7.36. The first-order valence-corrected chi connectivity index (χ1v) is 7.03. The van der Waals surface area contributed by atoms with Gasteiger partial charge in [0.2, 0.25) is 0 Å². The van der Waals surface area contributed by atoms with Crippen molar-refractivity contribution >= 4 is 5.69 Å². The van der Waals surface area contributed by atoms with Gasteiger partial charge in [-0.05, 0) is 50.9 Å². The highest BCUT2D eigenvalue weighted by atomic mass is 19.1. The Labute approximate surface area is 109 Å². The molecule has 0 amide bonds. The molecule has 0 aromatic heterocycles. The van der Waals surface area contributed by atoms with E-state index in [4.69, 9.17) is 0 Å². The second kappa shape index (κ2) is 6.74. The Hall–Kier alpha value is -1.09. The van der Waals surface area contributed by atoms with Crippen LogP contribution < -0.4 is 5.32 Å². The molecule has 18 heavy (non-hydrogen) atoms. The molecule has 1 heterocycles. The van der Waals surface area contributed by atoms with Crippen LogP contribution in [-0.4, -0.2) is 30.6 Å². The summed E-state index contributed by atoms with van der Waals surface area (Å²) >= 11 is 0. The van der Waals surface area contributed by atoms with E-state index < -0.39 is 0 Å². The van der Waals surface area contributed by atoms with Crippen molar-refractivity contribution in [2.24, 2.45) is 0 Å². The van der Waals surface area contributed by atoms with Crippen molar-refractivity contribution in [1.82, 2.24) is 4.90 Å². The highest BCUT2D eigenvalue weighted by Crippen LogP contribution is 2.19. The number of nitrogens with zero attached hydrogens (tertiary/aromatic N) is 1. The maximum absolute atomic E-state index is 13.6. The molecular weight excluding hydrogens is 227 g/mol. The average molecular weight is 250 g/mol. The Kier molecular flexibility index (Phi) is 5.00. The SMILES string of the molecule is CCCN1CCCC(Nc2ccccc2F)CC1. The molecule has 0 spiro atoms. The molecule has 0 saturated carbocycles. The molecule has 1 fully saturated rings. The summed E-state index contributed by atoms with van der Waals surface area (Å²) in [5.74, 6) is -0.146. The number of para-hydroxylation sites is 1. The molecule has 100 valence electrons. The van der Waals surface area contributed by atoms with Crippen LogP contribution in [0, 0.1) is 5.82 Å². The number of benzene rings is 1. The Balaban J connectivity index is 1.89. The lowest BCUT2D eigenvalue weighted by atomic mass is 10.1. The lowest BCUT2D eigenvalue weighted by Gasteiger charge is -2.20. The van der Waals surface area contributed by atoms with Crippen LogP contribution in [0.25, 0.3) is 0 Å². The van der Waals surface area contributed by atoms with Crippen molar-refractivity contribution in [3.63, 3.8) is 0 Å². The summed E-state index contributed by atoms with van der Waals surface area (Å²) in [6.07, 6.45) is 4.65. The van der Waals surface area contributed by atoms with E-state index in [9.17, 15) is 4.39 Å². The van der Waals surface area contributed by atoms with Crippen LogP contribution in [-0.2, 0) is 0 Å². The zero-order valence-corrected chi connectivity index (χ0v) is 11.2. The third kappa shape index (κ3) is 3.70. The molecule has 1 unspecified atom stereocenters. The molecule has 0 bridgehead atoms. The van der Waals surface area contributed by atoms with Crippen molar-refractivity contribution in [3.05, 3.63) is 30.1 Å². The van der Waals surface area contributed by atoms with Gasteiger partial charge in [0.1, 0.15) is 5.82 Å². The minimum absolute atomic E-state index is 0.146. The van der Waals surface area contributed by atoms with E-state index in [2.05, 4.69) is 17.1 Å². The van der Waals surface area contributed by atoms with Crippen LogP contribution >= 0.6 is 0 Å². The van der Waals surface area contributed by atoms with Gasteiger partial charge in [-0.15, -0.1) is 0 Å². The second-order valence-electron chi connectivity index (χ2n) is 5.09. The van der Waals surface area contributed by atoms with Gasteiger partial charge in [-0.3, -0.25) is 0 Å². The third-order valence-electron chi connectivity index (χ3n) is 3.59. The molecular formula is C15H23FN2. The smallest absolute Gasteiger partial charge is 0.146 e. The van der Waals surface area contributed by atoms with Gasteiger partial charge in [-0.1, -0.05) is 19.1 Å². The predicted octanol–water partition coefficient (Wildman–Crippen LogP) is 3.50. The molecule has 1 N–H and O–H groups in total. The van der Waals surface area contributed by atoms with E-state index in [1.807, 2.05) is 12.1 Å². The molecule has 1 atom stereocenters. The minimum atomic E-state index is -0.146. The summed E-state index contributed by atoms with van der Waals surface area (Å²) < 4.78 is 13.6. The number of hydrogen-bond acceptors (Lipinski definition) is 2. The quantitative estimate of drug-likeness (QED) is 0.879. The van der Waals surface area contributed by atoms with Gasteiger partial charge >= 0.3 is 0 Å².